The van der Waals surface area contributed by atoms with Crippen LogP contribution in [-0.2, 0) is 61.5 Å². The molecule has 0 saturated heterocycles. The minimum absolute atomic E-state index is 0. The number of aromatic nitrogens is 2. The largest absolute Gasteiger partial charge is 2.00 e. The van der Waals surface area contributed by atoms with Gasteiger partial charge in [0.15, 0.2) is 0 Å². The first kappa shape index (κ1) is 57.2. The van der Waals surface area contributed by atoms with E-state index in [0.29, 0.717) is 0 Å². The molecule has 0 aromatic carbocycles. The molecule has 0 aliphatic heterocycles. The Morgan fingerprint density at radius 1 is 0.485 bits per heavy atom. The van der Waals surface area contributed by atoms with E-state index in [1.54, 1.807) is 0 Å². The minimum atomic E-state index is -1.52. The van der Waals surface area contributed by atoms with Crippen molar-refractivity contribution in [2.75, 3.05) is 0 Å². The van der Waals surface area contributed by atoms with Gasteiger partial charge in [-0.2, -0.15) is 0 Å². The van der Waals surface area contributed by atoms with Crippen LogP contribution in [0.25, 0.3) is 0 Å². The third-order valence-electron chi connectivity index (χ3n) is 2.33. The average Bonchev–Trinajstić information content (AvgIpc) is 2.55. The molecule has 0 aliphatic rings. The Hall–Kier alpha value is -3.06. The van der Waals surface area contributed by atoms with Crippen LogP contribution < -0.4 is 20.4 Å². The molecule has 2 heterocycles. The summed E-state index contributed by atoms with van der Waals surface area (Å²) in [7, 11) is 0. The summed E-state index contributed by atoms with van der Waals surface area (Å²) in [6.07, 6.45) is 0. The fourth-order valence-corrected chi connectivity index (χ4v) is 1.32. The van der Waals surface area contributed by atoms with E-state index < -0.39 is 46.7 Å². The Labute approximate surface area is 205 Å². The van der Waals surface area contributed by atoms with Crippen LogP contribution in [0.3, 0.4) is 0 Å². The van der Waals surface area contributed by atoms with Crippen molar-refractivity contribution in [2.45, 2.75) is 0 Å². The normalized spacial score (nSPS) is 6.79. The van der Waals surface area contributed by atoms with E-state index in [1.165, 1.54) is 12.1 Å². The molecule has 17 nitrogen and oxygen atoms in total. The maximum Gasteiger partial charge on any atom is 2.00 e. The van der Waals surface area contributed by atoms with E-state index in [1.807, 2.05) is 0 Å². The van der Waals surface area contributed by atoms with Gasteiger partial charge >= 0.3 is 34.1 Å². The SMILES string of the molecule is O.O.O=C([O-])c1cccc(C(=O)[O-])n1.O=C([O-])c1cccc(C(=O)[O-])n1.[Mn+2].[Mn+2].[OH3+].[OH3+].[OH3+].[OH3+].[OH3+]. The summed E-state index contributed by atoms with van der Waals surface area (Å²) in [6, 6.07) is 7.07. The van der Waals surface area contributed by atoms with Gasteiger partial charge in [0.05, 0.1) is 46.7 Å². The summed E-state index contributed by atoms with van der Waals surface area (Å²) in [6.45, 7) is 0. The third-order valence-corrected chi connectivity index (χ3v) is 2.33. The number of carbonyl (C=O) groups is 4. The molecular formula is C14H25Mn2N2O15+5. The maximum absolute atomic E-state index is 10.2. The number of hydrogen-bond acceptors (Lipinski definition) is 10. The number of rotatable bonds is 4. The van der Waals surface area contributed by atoms with Gasteiger partial charge in [-0.1, -0.05) is 12.1 Å². The fourth-order valence-electron chi connectivity index (χ4n) is 1.32. The second kappa shape index (κ2) is 27.0. The second-order valence-electron chi connectivity index (χ2n) is 3.97. The molecular weight excluding hydrogens is 546 g/mol. The number of aromatic carboxylic acids is 4. The number of carbonyl (C=O) groups excluding carboxylic acids is 4. The summed E-state index contributed by atoms with van der Waals surface area (Å²) in [5, 5.41) is 40.8. The van der Waals surface area contributed by atoms with E-state index >= 15 is 0 Å². The molecule has 0 amide bonds. The first-order valence-corrected chi connectivity index (χ1v) is 6.02. The predicted octanol–water partition coefficient (Wildman–Crippen LogP) is -10.6. The zero-order valence-electron chi connectivity index (χ0n) is 16.3. The monoisotopic (exact) mass is 571 g/mol. The quantitative estimate of drug-likeness (QED) is 0.246. The van der Waals surface area contributed by atoms with Gasteiger partial charge in [0, 0.05) is 0 Å². The Morgan fingerprint density at radius 2 is 0.636 bits per heavy atom. The summed E-state index contributed by atoms with van der Waals surface area (Å²) >= 11 is 0. The first-order chi connectivity index (χ1) is 11.2. The molecule has 0 atom stereocenters. The number of hydrogen-bond donors (Lipinski definition) is 0. The molecule has 2 aromatic rings. The zero-order valence-corrected chi connectivity index (χ0v) is 18.6. The molecule has 190 valence electrons. The number of pyridine rings is 2. The number of nitrogens with zero attached hydrogens (tertiary/aromatic N) is 2. The Kier molecular flexibility index (Phi) is 46.7. The summed E-state index contributed by atoms with van der Waals surface area (Å²) in [5.74, 6) is -6.06. The van der Waals surface area contributed by atoms with Crippen LogP contribution >= 0.6 is 0 Å². The molecule has 0 unspecified atom stereocenters. The van der Waals surface area contributed by atoms with Gasteiger partial charge in [0.25, 0.3) is 0 Å². The minimum Gasteiger partial charge on any atom is -0.543 e. The van der Waals surface area contributed by atoms with E-state index in [2.05, 4.69) is 9.97 Å². The van der Waals surface area contributed by atoms with Crippen LogP contribution in [-0.4, -0.2) is 44.8 Å². The van der Waals surface area contributed by atoms with Gasteiger partial charge in [-0.3, -0.25) is 0 Å². The Balaban J connectivity index is -0.0000000392. The molecule has 0 fully saturated rings. The fraction of sp³-hybridized carbons (Fsp3) is 0. The van der Waals surface area contributed by atoms with E-state index in [-0.39, 0.29) is 72.5 Å². The van der Waals surface area contributed by atoms with Crippen LogP contribution in [0.1, 0.15) is 42.0 Å². The molecule has 0 aliphatic carbocycles. The van der Waals surface area contributed by atoms with Crippen molar-refractivity contribution in [2.24, 2.45) is 0 Å². The molecule has 19 heteroatoms. The Morgan fingerprint density at radius 3 is 0.758 bits per heavy atom. The van der Waals surface area contributed by atoms with Crippen molar-refractivity contribution in [3.05, 3.63) is 59.2 Å². The first-order valence-electron chi connectivity index (χ1n) is 6.02. The van der Waals surface area contributed by atoms with E-state index in [4.69, 9.17) is 0 Å². The van der Waals surface area contributed by atoms with Gasteiger partial charge < -0.3 is 77.9 Å². The maximum atomic E-state index is 10.2. The van der Waals surface area contributed by atoms with Crippen molar-refractivity contribution in [1.29, 1.82) is 0 Å². The van der Waals surface area contributed by atoms with Crippen LogP contribution in [0.2, 0.25) is 0 Å². The van der Waals surface area contributed by atoms with Crippen LogP contribution in [0.15, 0.2) is 36.4 Å². The zero-order chi connectivity index (χ0) is 18.3. The van der Waals surface area contributed by atoms with Crippen molar-refractivity contribution in [1.82, 2.24) is 9.97 Å². The van der Waals surface area contributed by atoms with Crippen molar-refractivity contribution < 1.29 is 112 Å². The van der Waals surface area contributed by atoms with E-state index in [9.17, 15) is 39.6 Å². The van der Waals surface area contributed by atoms with Gasteiger partial charge in [0.1, 0.15) is 0 Å². The van der Waals surface area contributed by atoms with Crippen molar-refractivity contribution in [3.8, 4) is 0 Å². The van der Waals surface area contributed by atoms with Crippen molar-refractivity contribution in [3.63, 3.8) is 0 Å². The smallest absolute Gasteiger partial charge is 0.543 e. The molecule has 2 aromatic heterocycles. The predicted molar refractivity (Wildman–Crippen MR) is 97.4 cm³/mol. The Bertz CT molecular complexity index is 697. The van der Waals surface area contributed by atoms with Crippen molar-refractivity contribution >= 4 is 23.9 Å². The van der Waals surface area contributed by atoms with Gasteiger partial charge in [-0.25, -0.2) is 9.97 Å². The van der Waals surface area contributed by atoms with Gasteiger partial charge in [-0.05, 0) is 24.3 Å². The summed E-state index contributed by atoms with van der Waals surface area (Å²) in [5.41, 5.74) is -1.68. The van der Waals surface area contributed by atoms with Crippen LogP contribution in [0.5, 0.6) is 0 Å². The second-order valence-corrected chi connectivity index (χ2v) is 3.97. The summed E-state index contributed by atoms with van der Waals surface area (Å²) < 4.78 is 0. The molecule has 0 bridgehead atoms. The molecule has 0 spiro atoms. The molecule has 2 radical (unpaired) electrons. The molecule has 0 saturated carbocycles. The number of carboxylic acid groups (broad SMARTS) is 4. The topological polar surface area (TPSA) is 414 Å². The van der Waals surface area contributed by atoms with Crippen LogP contribution in [0, 0.1) is 0 Å². The molecule has 33 heavy (non-hydrogen) atoms. The molecule has 19 N–H and O–H groups in total. The molecule has 2 rings (SSSR count). The number of carboxylic acids is 4. The van der Waals surface area contributed by atoms with Crippen LogP contribution in [0.4, 0.5) is 0 Å². The third kappa shape index (κ3) is 19.4. The van der Waals surface area contributed by atoms with Gasteiger partial charge in [-0.15, -0.1) is 0 Å². The van der Waals surface area contributed by atoms with E-state index in [0.717, 1.165) is 24.3 Å². The summed E-state index contributed by atoms with van der Waals surface area (Å²) in [4.78, 5) is 47.3. The average molecular weight is 571 g/mol. The standard InChI is InChI=1S/2C7H5NO4.2Mn.7H2O/c2*9-6(10)4-2-1-3-5(8-4)7(11)12;;;;;;;;;/h2*1-3H,(H,9,10)(H,11,12);;;7*1H2/q;;2*+2;;;;;;;/p+1. The van der Waals surface area contributed by atoms with Gasteiger partial charge in [0.2, 0.25) is 0 Å².